The summed E-state index contributed by atoms with van der Waals surface area (Å²) in [5.41, 5.74) is 1.00. The first-order chi connectivity index (χ1) is 6.77. The molecular weight excluding hydrogens is 248 g/mol. The molecule has 1 fully saturated rings. The fourth-order valence-corrected chi connectivity index (χ4v) is 2.00. The molecular formula is C8H11BrN4O. The van der Waals surface area contributed by atoms with Crippen molar-refractivity contribution >= 4 is 21.8 Å². The fourth-order valence-electron chi connectivity index (χ4n) is 1.52. The van der Waals surface area contributed by atoms with Gasteiger partial charge in [-0.15, -0.1) is 0 Å². The van der Waals surface area contributed by atoms with Crippen molar-refractivity contribution in [3.63, 3.8) is 0 Å². The molecule has 5 nitrogen and oxygen atoms in total. The summed E-state index contributed by atoms with van der Waals surface area (Å²) in [6.07, 6.45) is 2.19. The zero-order valence-corrected chi connectivity index (χ0v) is 9.10. The normalized spacial score (nSPS) is 22.9. The number of aromatic nitrogens is 2. The van der Waals surface area contributed by atoms with E-state index in [1.165, 1.54) is 0 Å². The van der Waals surface area contributed by atoms with Crippen LogP contribution in [-0.2, 0) is 4.79 Å². The fraction of sp³-hybridized carbons (Fsp3) is 0.500. The van der Waals surface area contributed by atoms with Crippen LogP contribution in [0.1, 0.15) is 18.0 Å². The molecule has 2 heterocycles. The van der Waals surface area contributed by atoms with Crippen LogP contribution in [0.15, 0.2) is 10.8 Å². The Bertz CT molecular complexity index is 338. The molecule has 0 bridgehead atoms. The Labute approximate surface area is 89.8 Å². The molecule has 6 heteroatoms. The van der Waals surface area contributed by atoms with Crippen molar-refractivity contribution in [3.05, 3.63) is 16.4 Å². The molecule has 14 heavy (non-hydrogen) atoms. The molecule has 3 N–H and O–H groups in total. The zero-order chi connectivity index (χ0) is 9.97. The number of nitrogens with zero attached hydrogens (tertiary/aromatic N) is 1. The van der Waals surface area contributed by atoms with E-state index in [2.05, 4.69) is 36.8 Å². The molecule has 1 aromatic rings. The Kier molecular flexibility index (Phi) is 2.83. The van der Waals surface area contributed by atoms with Gasteiger partial charge in [-0.05, 0) is 15.9 Å². The Morgan fingerprint density at radius 1 is 1.50 bits per heavy atom. The minimum absolute atomic E-state index is 0.0469. The first kappa shape index (κ1) is 9.67. The summed E-state index contributed by atoms with van der Waals surface area (Å²) in [5, 5.41) is 12.8. The number of carbonyl (C=O) groups is 1. The third-order valence-corrected chi connectivity index (χ3v) is 2.86. The number of hydrogen-bond donors (Lipinski definition) is 3. The summed E-state index contributed by atoms with van der Waals surface area (Å²) in [5.74, 6) is 0.0769. The van der Waals surface area contributed by atoms with E-state index in [9.17, 15) is 4.79 Å². The maximum atomic E-state index is 11.3. The highest BCUT2D eigenvalue weighted by molar-refractivity contribution is 9.10. The minimum Gasteiger partial charge on any atom is -0.355 e. The van der Waals surface area contributed by atoms with E-state index in [0.717, 1.165) is 16.7 Å². The lowest BCUT2D eigenvalue weighted by Gasteiger charge is -2.12. The maximum absolute atomic E-state index is 11.3. The summed E-state index contributed by atoms with van der Waals surface area (Å²) >= 11 is 3.36. The van der Waals surface area contributed by atoms with Crippen molar-refractivity contribution in [2.75, 3.05) is 13.1 Å². The van der Waals surface area contributed by atoms with Gasteiger partial charge in [-0.1, -0.05) is 0 Å². The second-order valence-electron chi connectivity index (χ2n) is 3.20. The highest BCUT2D eigenvalue weighted by Gasteiger charge is 2.21. The molecule has 0 saturated carbocycles. The Balaban J connectivity index is 2.17. The molecule has 1 aliphatic heterocycles. The zero-order valence-electron chi connectivity index (χ0n) is 7.51. The topological polar surface area (TPSA) is 69.8 Å². The average molecular weight is 259 g/mol. The van der Waals surface area contributed by atoms with Gasteiger partial charge in [0.1, 0.15) is 4.60 Å². The van der Waals surface area contributed by atoms with Gasteiger partial charge in [0.25, 0.3) is 0 Å². The molecule has 1 aromatic heterocycles. The van der Waals surface area contributed by atoms with Crippen molar-refractivity contribution < 1.29 is 4.79 Å². The molecule has 0 spiro atoms. The third-order valence-electron chi connectivity index (χ3n) is 2.22. The van der Waals surface area contributed by atoms with Crippen molar-refractivity contribution in [2.45, 2.75) is 12.5 Å². The van der Waals surface area contributed by atoms with Gasteiger partial charge >= 0.3 is 0 Å². The van der Waals surface area contributed by atoms with Crippen LogP contribution in [0.2, 0.25) is 0 Å². The van der Waals surface area contributed by atoms with Crippen LogP contribution >= 0.6 is 15.9 Å². The van der Waals surface area contributed by atoms with E-state index in [4.69, 9.17) is 0 Å². The van der Waals surface area contributed by atoms with Gasteiger partial charge in [-0.3, -0.25) is 9.89 Å². The van der Waals surface area contributed by atoms with Gasteiger partial charge in [0.15, 0.2) is 0 Å². The molecule has 1 saturated heterocycles. The summed E-state index contributed by atoms with van der Waals surface area (Å²) in [6.45, 7) is 1.47. The van der Waals surface area contributed by atoms with Gasteiger partial charge in [-0.2, -0.15) is 5.10 Å². The van der Waals surface area contributed by atoms with E-state index in [0.29, 0.717) is 13.0 Å². The van der Waals surface area contributed by atoms with Crippen molar-refractivity contribution in [3.8, 4) is 0 Å². The molecule has 76 valence electrons. The number of rotatable bonds is 1. The number of carbonyl (C=O) groups excluding carboxylic acids is 1. The van der Waals surface area contributed by atoms with Crippen LogP contribution in [0.5, 0.6) is 0 Å². The lowest BCUT2D eigenvalue weighted by atomic mass is 10.1. The Hall–Kier alpha value is -0.880. The molecule has 0 aliphatic carbocycles. The molecule has 1 atom stereocenters. The molecule has 1 unspecified atom stereocenters. The van der Waals surface area contributed by atoms with Gasteiger partial charge in [0, 0.05) is 31.1 Å². The first-order valence-corrected chi connectivity index (χ1v) is 5.25. The monoisotopic (exact) mass is 258 g/mol. The first-order valence-electron chi connectivity index (χ1n) is 4.46. The maximum Gasteiger partial charge on any atom is 0.221 e. The van der Waals surface area contributed by atoms with Crippen LogP contribution in [-0.4, -0.2) is 29.2 Å². The predicted octanol–water partition coefficient (Wildman–Crippen LogP) is 0.323. The van der Waals surface area contributed by atoms with Gasteiger partial charge in [0.05, 0.1) is 6.20 Å². The molecule has 1 aliphatic rings. The largest absolute Gasteiger partial charge is 0.355 e. The number of hydrogen-bond acceptors (Lipinski definition) is 3. The summed E-state index contributed by atoms with van der Waals surface area (Å²) in [4.78, 5) is 11.3. The van der Waals surface area contributed by atoms with E-state index < -0.39 is 0 Å². The Morgan fingerprint density at radius 2 is 2.36 bits per heavy atom. The third kappa shape index (κ3) is 1.96. The van der Waals surface area contributed by atoms with Crippen molar-refractivity contribution in [1.82, 2.24) is 20.8 Å². The average Bonchev–Trinajstić information content (AvgIpc) is 2.45. The minimum atomic E-state index is 0.0469. The standard InChI is InChI=1S/C8H11BrN4O/c9-8-5(4-12-13-8)6-3-7(14)11-2-1-10-6/h4,6,10H,1-3H2,(H,11,14)(H,12,13). The summed E-state index contributed by atoms with van der Waals surface area (Å²) in [7, 11) is 0. The van der Waals surface area contributed by atoms with Crippen LogP contribution in [0, 0.1) is 0 Å². The SMILES string of the molecule is O=C1CC(c2cn[nH]c2Br)NCCN1. The van der Waals surface area contributed by atoms with Gasteiger partial charge in [-0.25, -0.2) is 0 Å². The molecule has 2 rings (SSSR count). The van der Waals surface area contributed by atoms with Crippen LogP contribution in [0.4, 0.5) is 0 Å². The lowest BCUT2D eigenvalue weighted by molar-refractivity contribution is -0.121. The quantitative estimate of drug-likeness (QED) is 0.680. The summed E-state index contributed by atoms with van der Waals surface area (Å²) < 4.78 is 0.838. The number of H-pyrrole nitrogens is 1. The highest BCUT2D eigenvalue weighted by Crippen LogP contribution is 2.23. The number of aromatic amines is 1. The van der Waals surface area contributed by atoms with Gasteiger partial charge in [0.2, 0.25) is 5.91 Å². The van der Waals surface area contributed by atoms with E-state index in [-0.39, 0.29) is 11.9 Å². The van der Waals surface area contributed by atoms with Crippen LogP contribution in [0.3, 0.4) is 0 Å². The Morgan fingerprint density at radius 3 is 3.07 bits per heavy atom. The second kappa shape index (κ2) is 4.10. The molecule has 1 amide bonds. The number of halogens is 1. The van der Waals surface area contributed by atoms with E-state index >= 15 is 0 Å². The molecule has 0 radical (unpaired) electrons. The van der Waals surface area contributed by atoms with Crippen LogP contribution in [0.25, 0.3) is 0 Å². The molecule has 0 aromatic carbocycles. The van der Waals surface area contributed by atoms with Crippen LogP contribution < -0.4 is 10.6 Å². The van der Waals surface area contributed by atoms with Gasteiger partial charge < -0.3 is 10.6 Å². The van der Waals surface area contributed by atoms with Crippen molar-refractivity contribution in [2.24, 2.45) is 0 Å². The van der Waals surface area contributed by atoms with Crippen molar-refractivity contribution in [1.29, 1.82) is 0 Å². The lowest BCUT2D eigenvalue weighted by Crippen LogP contribution is -2.24. The predicted molar refractivity (Wildman–Crippen MR) is 54.7 cm³/mol. The highest BCUT2D eigenvalue weighted by atomic mass is 79.9. The number of amides is 1. The summed E-state index contributed by atoms with van der Waals surface area (Å²) in [6, 6.07) is 0.0469. The van der Waals surface area contributed by atoms with E-state index in [1.54, 1.807) is 6.20 Å². The smallest absolute Gasteiger partial charge is 0.221 e. The second-order valence-corrected chi connectivity index (χ2v) is 3.99. The number of nitrogens with one attached hydrogen (secondary N) is 3. The van der Waals surface area contributed by atoms with E-state index in [1.807, 2.05) is 0 Å².